The second kappa shape index (κ2) is 5.59. The van der Waals surface area contributed by atoms with Gasteiger partial charge in [-0.15, -0.1) is 11.3 Å². The van der Waals surface area contributed by atoms with E-state index in [4.69, 9.17) is 9.15 Å². The highest BCUT2D eigenvalue weighted by atomic mass is 32.1. The number of ether oxygens (including phenoxy) is 1. The van der Waals surface area contributed by atoms with Crippen molar-refractivity contribution in [1.29, 1.82) is 0 Å². The molecule has 6 heteroatoms. The fourth-order valence-electron chi connectivity index (χ4n) is 1.24. The Balaban J connectivity index is 1.85. The van der Waals surface area contributed by atoms with Crippen molar-refractivity contribution in [3.05, 3.63) is 40.0 Å². The Morgan fingerprint density at radius 3 is 3.00 bits per heavy atom. The number of carbonyl (C=O) groups is 1. The summed E-state index contributed by atoms with van der Waals surface area (Å²) < 4.78 is 10.3. The monoisotopic (exact) mass is 264 g/mol. The molecule has 2 rings (SSSR count). The van der Waals surface area contributed by atoms with Gasteiger partial charge in [-0.2, -0.15) is 0 Å². The van der Waals surface area contributed by atoms with E-state index in [1.54, 1.807) is 11.6 Å². The van der Waals surface area contributed by atoms with Crippen molar-refractivity contribution in [2.45, 2.75) is 20.5 Å². The van der Waals surface area contributed by atoms with Crippen molar-refractivity contribution in [1.82, 2.24) is 9.97 Å². The lowest BCUT2D eigenvalue weighted by molar-refractivity contribution is -0.139. The third-order valence-corrected chi connectivity index (χ3v) is 2.86. The highest BCUT2D eigenvalue weighted by Gasteiger charge is 2.07. The molecule has 0 aliphatic carbocycles. The summed E-state index contributed by atoms with van der Waals surface area (Å²) in [5.74, 6) is 0.691. The number of aromatic nitrogens is 2. The van der Waals surface area contributed by atoms with Crippen LogP contribution in [0.25, 0.3) is 6.08 Å². The Hall–Kier alpha value is -1.95. The number of hydrogen-bond donors (Lipinski definition) is 0. The molecule has 0 aliphatic rings. The van der Waals surface area contributed by atoms with Crippen molar-refractivity contribution in [2.24, 2.45) is 0 Å². The Morgan fingerprint density at radius 1 is 1.56 bits per heavy atom. The molecule has 0 radical (unpaired) electrons. The Kier molecular flexibility index (Phi) is 3.88. The zero-order chi connectivity index (χ0) is 13.0. The molecule has 0 bridgehead atoms. The lowest BCUT2D eigenvalue weighted by Crippen LogP contribution is -2.00. The molecule has 0 N–H and O–H groups in total. The van der Waals surface area contributed by atoms with E-state index in [0.29, 0.717) is 5.89 Å². The summed E-state index contributed by atoms with van der Waals surface area (Å²) in [7, 11) is 0. The van der Waals surface area contributed by atoms with Gasteiger partial charge in [-0.1, -0.05) is 0 Å². The number of thiazole rings is 1. The van der Waals surface area contributed by atoms with Crippen LogP contribution in [-0.4, -0.2) is 15.9 Å². The number of oxazole rings is 1. The molecule has 0 aromatic carbocycles. The Morgan fingerprint density at radius 2 is 2.39 bits per heavy atom. The van der Waals surface area contributed by atoms with Gasteiger partial charge in [0.2, 0.25) is 5.89 Å². The van der Waals surface area contributed by atoms with E-state index >= 15 is 0 Å². The number of nitrogens with zero attached hydrogens (tertiary/aromatic N) is 2. The number of esters is 1. The normalized spacial score (nSPS) is 11.0. The molecule has 0 amide bonds. The van der Waals surface area contributed by atoms with Gasteiger partial charge < -0.3 is 9.15 Å². The van der Waals surface area contributed by atoms with Gasteiger partial charge >= 0.3 is 5.97 Å². The van der Waals surface area contributed by atoms with Crippen LogP contribution in [0, 0.1) is 13.8 Å². The molecule has 18 heavy (non-hydrogen) atoms. The average Bonchev–Trinajstić information content (AvgIpc) is 2.95. The zero-order valence-electron chi connectivity index (χ0n) is 10.0. The first-order chi connectivity index (χ1) is 8.65. The van der Waals surface area contributed by atoms with E-state index in [1.165, 1.54) is 17.4 Å². The molecule has 0 fully saturated rings. The molecular weight excluding hydrogens is 252 g/mol. The van der Waals surface area contributed by atoms with Crippen LogP contribution in [0.4, 0.5) is 0 Å². The van der Waals surface area contributed by atoms with Gasteiger partial charge in [0.1, 0.15) is 5.76 Å². The molecular formula is C12H12N2O3S. The summed E-state index contributed by atoms with van der Waals surface area (Å²) in [6.07, 6.45) is 2.93. The molecule has 0 spiro atoms. The van der Waals surface area contributed by atoms with Gasteiger partial charge in [0.05, 0.1) is 16.9 Å². The van der Waals surface area contributed by atoms with Crippen molar-refractivity contribution in [2.75, 3.05) is 0 Å². The van der Waals surface area contributed by atoms with Crippen LogP contribution in [0.15, 0.2) is 21.4 Å². The summed E-state index contributed by atoms with van der Waals surface area (Å²) in [6, 6.07) is 0. The molecule has 0 saturated carbocycles. The fraction of sp³-hybridized carbons (Fsp3) is 0.250. The van der Waals surface area contributed by atoms with Crippen LogP contribution in [0.5, 0.6) is 0 Å². The first kappa shape index (κ1) is 12.5. The summed E-state index contributed by atoms with van der Waals surface area (Å²) in [6.45, 7) is 3.69. The number of hydrogen-bond acceptors (Lipinski definition) is 6. The second-order valence-electron chi connectivity index (χ2n) is 3.60. The highest BCUT2D eigenvalue weighted by molar-refractivity contribution is 7.07. The number of aryl methyl sites for hydroxylation is 2. The van der Waals surface area contributed by atoms with Crippen molar-refractivity contribution in [3.8, 4) is 0 Å². The lowest BCUT2D eigenvalue weighted by Gasteiger charge is -1.96. The smallest absolute Gasteiger partial charge is 0.331 e. The maximum atomic E-state index is 11.4. The van der Waals surface area contributed by atoms with Crippen LogP contribution in [0.1, 0.15) is 23.0 Å². The molecule has 94 valence electrons. The summed E-state index contributed by atoms with van der Waals surface area (Å²) in [5.41, 5.74) is 3.24. The third-order valence-electron chi connectivity index (χ3n) is 2.25. The predicted octanol–water partition coefficient (Wildman–Crippen LogP) is 2.50. The van der Waals surface area contributed by atoms with Crippen molar-refractivity contribution < 1.29 is 13.9 Å². The van der Waals surface area contributed by atoms with Gasteiger partial charge in [-0.05, 0) is 19.9 Å². The number of rotatable bonds is 4. The number of carbonyl (C=O) groups excluding carboxylic acids is 1. The van der Waals surface area contributed by atoms with Crippen LogP contribution < -0.4 is 0 Å². The SMILES string of the molecule is Cc1nc(COC(=O)/C=C/c2cscn2)oc1C. The molecule has 2 aromatic heterocycles. The Bertz CT molecular complexity index is 538. The molecule has 0 saturated heterocycles. The molecule has 0 aliphatic heterocycles. The van der Waals surface area contributed by atoms with Gasteiger partial charge in [-0.3, -0.25) is 0 Å². The van der Waals surface area contributed by atoms with Gasteiger partial charge in [0.15, 0.2) is 6.61 Å². The van der Waals surface area contributed by atoms with Crippen molar-refractivity contribution in [3.63, 3.8) is 0 Å². The first-order valence-corrected chi connectivity index (χ1v) is 6.25. The fourth-order valence-corrected chi connectivity index (χ4v) is 1.76. The van der Waals surface area contributed by atoms with E-state index < -0.39 is 5.97 Å². The minimum atomic E-state index is -0.448. The van der Waals surface area contributed by atoms with E-state index in [-0.39, 0.29) is 6.61 Å². The standard InChI is InChI=1S/C12H12N2O3S/c1-8-9(2)17-11(14-8)5-16-12(15)4-3-10-6-18-7-13-10/h3-4,6-7H,5H2,1-2H3/b4-3+. The second-order valence-corrected chi connectivity index (χ2v) is 4.32. The average molecular weight is 264 g/mol. The third kappa shape index (κ3) is 3.27. The van der Waals surface area contributed by atoms with Crippen LogP contribution in [0.2, 0.25) is 0 Å². The predicted molar refractivity (Wildman–Crippen MR) is 66.9 cm³/mol. The van der Waals surface area contributed by atoms with Crippen molar-refractivity contribution >= 4 is 23.4 Å². The quantitative estimate of drug-likeness (QED) is 0.627. The van der Waals surface area contributed by atoms with E-state index in [9.17, 15) is 4.79 Å². The zero-order valence-corrected chi connectivity index (χ0v) is 10.9. The maximum Gasteiger partial charge on any atom is 0.331 e. The summed E-state index contributed by atoms with van der Waals surface area (Å²) >= 11 is 1.47. The minimum absolute atomic E-state index is 0.0366. The summed E-state index contributed by atoms with van der Waals surface area (Å²) in [4.78, 5) is 19.5. The Labute approximate surface area is 108 Å². The molecule has 0 atom stereocenters. The van der Waals surface area contributed by atoms with E-state index in [1.807, 2.05) is 19.2 Å². The van der Waals surface area contributed by atoms with Gasteiger partial charge in [0, 0.05) is 11.5 Å². The molecule has 2 aromatic rings. The maximum absolute atomic E-state index is 11.4. The lowest BCUT2D eigenvalue weighted by atomic mass is 10.4. The molecule has 2 heterocycles. The van der Waals surface area contributed by atoms with E-state index in [2.05, 4.69) is 9.97 Å². The van der Waals surface area contributed by atoms with Crippen LogP contribution in [-0.2, 0) is 16.1 Å². The first-order valence-electron chi connectivity index (χ1n) is 5.31. The molecule has 5 nitrogen and oxygen atoms in total. The highest BCUT2D eigenvalue weighted by Crippen LogP contribution is 2.09. The van der Waals surface area contributed by atoms with Crippen LogP contribution in [0.3, 0.4) is 0 Å². The van der Waals surface area contributed by atoms with E-state index in [0.717, 1.165) is 17.1 Å². The van der Waals surface area contributed by atoms with Gasteiger partial charge in [0.25, 0.3) is 0 Å². The minimum Gasteiger partial charge on any atom is -0.453 e. The topological polar surface area (TPSA) is 65.2 Å². The summed E-state index contributed by atoms with van der Waals surface area (Å²) in [5, 5.41) is 1.84. The van der Waals surface area contributed by atoms with Crippen LogP contribution >= 0.6 is 11.3 Å². The van der Waals surface area contributed by atoms with Gasteiger partial charge in [-0.25, -0.2) is 14.8 Å². The largest absolute Gasteiger partial charge is 0.453 e. The molecule has 0 unspecified atom stereocenters.